The SMILES string of the molecule is CN=C(NCc1cccc(NC(=O)C2CCCO2)c1)NCc1ccc2c(c1)OCO2.I. The third kappa shape index (κ3) is 6.23. The van der Waals surface area contributed by atoms with Crippen molar-refractivity contribution < 1.29 is 19.0 Å². The zero-order chi connectivity index (χ0) is 20.8. The van der Waals surface area contributed by atoms with Gasteiger partial charge in [0.15, 0.2) is 17.5 Å². The second-order valence-corrected chi connectivity index (χ2v) is 7.16. The van der Waals surface area contributed by atoms with Crippen molar-refractivity contribution in [3.05, 3.63) is 53.6 Å². The molecular formula is C22H27IN4O4. The fourth-order valence-corrected chi connectivity index (χ4v) is 3.41. The number of carbonyl (C=O) groups is 1. The van der Waals surface area contributed by atoms with E-state index in [1.807, 2.05) is 42.5 Å². The molecule has 0 aromatic heterocycles. The molecule has 0 saturated carbocycles. The Labute approximate surface area is 198 Å². The molecule has 0 bridgehead atoms. The van der Waals surface area contributed by atoms with Gasteiger partial charge in [-0.1, -0.05) is 18.2 Å². The van der Waals surface area contributed by atoms with E-state index < -0.39 is 0 Å². The highest BCUT2D eigenvalue weighted by Gasteiger charge is 2.23. The molecule has 0 aliphatic carbocycles. The Balaban J connectivity index is 0.00000272. The van der Waals surface area contributed by atoms with Gasteiger partial charge in [-0.3, -0.25) is 9.79 Å². The molecule has 2 aromatic carbocycles. The molecule has 8 nitrogen and oxygen atoms in total. The number of carbonyl (C=O) groups excluding carboxylic acids is 1. The van der Waals surface area contributed by atoms with Crippen molar-refractivity contribution >= 4 is 41.5 Å². The van der Waals surface area contributed by atoms with Crippen LogP contribution in [0.5, 0.6) is 11.5 Å². The first-order valence-electron chi connectivity index (χ1n) is 10.1. The van der Waals surface area contributed by atoms with Crippen LogP contribution in [0.1, 0.15) is 24.0 Å². The number of hydrogen-bond acceptors (Lipinski definition) is 5. The third-order valence-electron chi connectivity index (χ3n) is 5.00. The number of nitrogens with zero attached hydrogens (tertiary/aromatic N) is 1. The predicted molar refractivity (Wildman–Crippen MR) is 129 cm³/mol. The fraction of sp³-hybridized carbons (Fsp3) is 0.364. The summed E-state index contributed by atoms with van der Waals surface area (Å²) >= 11 is 0. The summed E-state index contributed by atoms with van der Waals surface area (Å²) in [7, 11) is 1.73. The van der Waals surface area contributed by atoms with E-state index in [4.69, 9.17) is 14.2 Å². The number of guanidine groups is 1. The number of ether oxygens (including phenoxy) is 3. The molecule has 166 valence electrons. The summed E-state index contributed by atoms with van der Waals surface area (Å²) in [6.45, 7) is 2.10. The number of fused-ring (bicyclic) bond motifs is 1. The second-order valence-electron chi connectivity index (χ2n) is 7.16. The van der Waals surface area contributed by atoms with Gasteiger partial charge in [-0.15, -0.1) is 24.0 Å². The standard InChI is InChI=1S/C22H26N4O4.HI/c1-23-22(25-13-16-7-8-18-20(11-16)30-14-29-18)24-12-15-4-2-5-17(10-15)26-21(27)19-6-3-9-28-19;/h2,4-5,7-8,10-11,19H,3,6,9,12-14H2,1H3,(H,26,27)(H2,23,24,25);1H. The Morgan fingerprint density at radius 2 is 1.84 bits per heavy atom. The van der Waals surface area contributed by atoms with E-state index >= 15 is 0 Å². The number of anilines is 1. The average molecular weight is 538 g/mol. The van der Waals surface area contributed by atoms with Crippen LogP contribution in [-0.4, -0.2) is 38.4 Å². The lowest BCUT2D eigenvalue weighted by Crippen LogP contribution is -2.36. The second kappa shape index (κ2) is 11.2. The van der Waals surface area contributed by atoms with Crippen LogP contribution in [0.4, 0.5) is 5.69 Å². The lowest BCUT2D eigenvalue weighted by Gasteiger charge is -2.14. The molecule has 2 aliphatic rings. The van der Waals surface area contributed by atoms with Gasteiger partial charge in [0.1, 0.15) is 6.10 Å². The smallest absolute Gasteiger partial charge is 0.253 e. The summed E-state index contributed by atoms with van der Waals surface area (Å²) in [5.74, 6) is 2.13. The minimum absolute atomic E-state index is 0. The van der Waals surface area contributed by atoms with Gasteiger partial charge in [-0.05, 0) is 48.2 Å². The molecule has 1 unspecified atom stereocenters. The molecule has 2 aliphatic heterocycles. The molecule has 2 aromatic rings. The maximum atomic E-state index is 12.2. The van der Waals surface area contributed by atoms with E-state index in [-0.39, 0.29) is 42.8 Å². The average Bonchev–Trinajstić information content (AvgIpc) is 3.46. The first-order chi connectivity index (χ1) is 14.7. The van der Waals surface area contributed by atoms with Crippen molar-refractivity contribution in [2.75, 3.05) is 25.8 Å². The van der Waals surface area contributed by atoms with Crippen LogP contribution in [0.25, 0.3) is 0 Å². The Kier molecular flexibility index (Phi) is 8.35. The number of nitrogens with one attached hydrogen (secondary N) is 3. The minimum atomic E-state index is -0.342. The van der Waals surface area contributed by atoms with Gasteiger partial charge in [0, 0.05) is 32.4 Å². The van der Waals surface area contributed by atoms with Crippen LogP contribution in [0.3, 0.4) is 0 Å². The monoisotopic (exact) mass is 538 g/mol. The minimum Gasteiger partial charge on any atom is -0.454 e. The summed E-state index contributed by atoms with van der Waals surface area (Å²) in [5, 5.41) is 9.51. The van der Waals surface area contributed by atoms with E-state index in [9.17, 15) is 4.79 Å². The predicted octanol–water partition coefficient (Wildman–Crippen LogP) is 3.02. The molecule has 1 atom stereocenters. The van der Waals surface area contributed by atoms with Gasteiger partial charge in [-0.2, -0.15) is 0 Å². The summed E-state index contributed by atoms with van der Waals surface area (Å²) in [6.07, 6.45) is 1.37. The van der Waals surface area contributed by atoms with Crippen LogP contribution in [0, 0.1) is 0 Å². The van der Waals surface area contributed by atoms with Crippen molar-refractivity contribution in [3.63, 3.8) is 0 Å². The maximum Gasteiger partial charge on any atom is 0.253 e. The lowest BCUT2D eigenvalue weighted by molar-refractivity contribution is -0.124. The summed E-state index contributed by atoms with van der Waals surface area (Å²) in [6, 6.07) is 13.6. The first-order valence-corrected chi connectivity index (χ1v) is 10.1. The molecule has 1 amide bonds. The highest BCUT2D eigenvalue weighted by atomic mass is 127. The largest absolute Gasteiger partial charge is 0.454 e. The fourth-order valence-electron chi connectivity index (χ4n) is 3.41. The number of aliphatic imine (C=N–C) groups is 1. The van der Waals surface area contributed by atoms with Crippen LogP contribution in [0.2, 0.25) is 0 Å². The van der Waals surface area contributed by atoms with Crippen molar-refractivity contribution in [2.24, 2.45) is 4.99 Å². The van der Waals surface area contributed by atoms with Crippen LogP contribution in [-0.2, 0) is 22.6 Å². The number of hydrogen-bond donors (Lipinski definition) is 3. The Hall–Kier alpha value is -2.53. The molecule has 1 saturated heterocycles. The van der Waals surface area contributed by atoms with Crippen LogP contribution < -0.4 is 25.4 Å². The highest BCUT2D eigenvalue weighted by molar-refractivity contribution is 14.0. The number of amides is 1. The van der Waals surface area contributed by atoms with E-state index in [2.05, 4.69) is 20.9 Å². The quantitative estimate of drug-likeness (QED) is 0.298. The van der Waals surface area contributed by atoms with Crippen molar-refractivity contribution in [3.8, 4) is 11.5 Å². The number of benzene rings is 2. The maximum absolute atomic E-state index is 12.2. The molecule has 9 heteroatoms. The topological polar surface area (TPSA) is 93.2 Å². The zero-order valence-corrected chi connectivity index (χ0v) is 19.7. The Morgan fingerprint density at radius 3 is 2.58 bits per heavy atom. The van der Waals surface area contributed by atoms with Gasteiger partial charge >= 0.3 is 0 Å². The molecule has 0 radical (unpaired) electrons. The summed E-state index contributed by atoms with van der Waals surface area (Å²) < 4.78 is 16.2. The Morgan fingerprint density at radius 1 is 1.06 bits per heavy atom. The summed E-state index contributed by atoms with van der Waals surface area (Å²) in [5.41, 5.74) is 2.87. The van der Waals surface area contributed by atoms with Crippen molar-refractivity contribution in [1.29, 1.82) is 0 Å². The van der Waals surface area contributed by atoms with Gasteiger partial charge in [0.25, 0.3) is 5.91 Å². The van der Waals surface area contributed by atoms with E-state index in [0.717, 1.165) is 41.2 Å². The Bertz CT molecular complexity index is 931. The third-order valence-corrected chi connectivity index (χ3v) is 5.00. The number of halogens is 1. The molecule has 4 rings (SSSR count). The normalized spacial score (nSPS) is 17.1. The van der Waals surface area contributed by atoms with Gasteiger partial charge in [0.05, 0.1) is 0 Å². The van der Waals surface area contributed by atoms with Gasteiger partial charge < -0.3 is 30.2 Å². The van der Waals surface area contributed by atoms with Crippen LogP contribution >= 0.6 is 24.0 Å². The van der Waals surface area contributed by atoms with E-state index in [1.165, 1.54) is 0 Å². The van der Waals surface area contributed by atoms with E-state index in [1.54, 1.807) is 7.05 Å². The molecule has 0 spiro atoms. The zero-order valence-electron chi connectivity index (χ0n) is 17.3. The van der Waals surface area contributed by atoms with Crippen molar-refractivity contribution in [1.82, 2.24) is 10.6 Å². The molecule has 3 N–H and O–H groups in total. The highest BCUT2D eigenvalue weighted by Crippen LogP contribution is 2.32. The van der Waals surface area contributed by atoms with Gasteiger partial charge in [0.2, 0.25) is 6.79 Å². The molecule has 1 fully saturated rings. The molecular weight excluding hydrogens is 511 g/mol. The van der Waals surface area contributed by atoms with Gasteiger partial charge in [-0.25, -0.2) is 0 Å². The van der Waals surface area contributed by atoms with Crippen LogP contribution in [0.15, 0.2) is 47.5 Å². The first kappa shape index (κ1) is 23.1. The summed E-state index contributed by atoms with van der Waals surface area (Å²) in [4.78, 5) is 16.5. The van der Waals surface area contributed by atoms with Crippen molar-refractivity contribution in [2.45, 2.75) is 32.0 Å². The number of rotatable bonds is 6. The van der Waals surface area contributed by atoms with E-state index in [0.29, 0.717) is 25.7 Å². The molecule has 31 heavy (non-hydrogen) atoms. The molecule has 2 heterocycles. The lowest BCUT2D eigenvalue weighted by atomic mass is 10.2.